The molecule has 2 N–H and O–H groups in total. The van der Waals surface area contributed by atoms with Gasteiger partial charge in [-0.05, 0) is 25.1 Å². The van der Waals surface area contributed by atoms with Crippen LogP contribution in [-0.4, -0.2) is 23.1 Å². The van der Waals surface area contributed by atoms with Crippen LogP contribution in [0.5, 0.6) is 0 Å². The van der Waals surface area contributed by atoms with Gasteiger partial charge in [-0.3, -0.25) is 4.79 Å². The molecule has 0 radical (unpaired) electrons. The largest absolute Gasteiger partial charge is 0.502 e. The summed E-state index contributed by atoms with van der Waals surface area (Å²) in [5.74, 6) is 0. The van der Waals surface area contributed by atoms with Gasteiger partial charge in [0.2, 0.25) is 6.41 Å². The van der Waals surface area contributed by atoms with E-state index in [1.807, 2.05) is 0 Å². The number of thiocarbonyl (C=S) groups is 1. The zero-order valence-electron chi connectivity index (χ0n) is 5.67. The monoisotopic (exact) mass is 161 g/mol. The molecule has 0 saturated carbocycles. The van der Waals surface area contributed by atoms with Crippen molar-refractivity contribution in [2.24, 2.45) is 0 Å². The van der Waals surface area contributed by atoms with Crippen molar-refractivity contribution >= 4 is 23.7 Å². The summed E-state index contributed by atoms with van der Waals surface area (Å²) >= 11 is 4.44. The molecule has 0 spiro atoms. The number of unbranched alkanes of at least 4 members (excludes halogenated alkanes) is 1. The van der Waals surface area contributed by atoms with Gasteiger partial charge < -0.3 is 10.4 Å². The molecule has 3 nitrogen and oxygen atoms in total. The lowest BCUT2D eigenvalue weighted by molar-refractivity contribution is -0.109. The first-order chi connectivity index (χ1) is 4.77. The number of hydrogen-bond acceptors (Lipinski definition) is 2. The Morgan fingerprint density at radius 1 is 1.60 bits per heavy atom. The number of carbonyl (C=O) groups is 1. The molecule has 0 atom stereocenters. The van der Waals surface area contributed by atoms with E-state index in [2.05, 4.69) is 17.5 Å². The van der Waals surface area contributed by atoms with E-state index < -0.39 is 0 Å². The lowest BCUT2D eigenvalue weighted by Crippen LogP contribution is -2.12. The summed E-state index contributed by atoms with van der Waals surface area (Å²) in [6.45, 7) is 0.659. The number of nitrogens with one attached hydrogen (secondary N) is 1. The molecule has 0 rings (SSSR count). The summed E-state index contributed by atoms with van der Waals surface area (Å²) in [4.78, 5) is 9.72. The topological polar surface area (TPSA) is 49.3 Å². The van der Waals surface area contributed by atoms with Gasteiger partial charge in [0.15, 0.2) is 5.05 Å². The summed E-state index contributed by atoms with van der Waals surface area (Å²) < 4.78 is 0. The highest BCUT2D eigenvalue weighted by Crippen LogP contribution is 1.94. The molecule has 58 valence electrons. The van der Waals surface area contributed by atoms with Crippen LogP contribution in [0.15, 0.2) is 0 Å². The highest BCUT2D eigenvalue weighted by atomic mass is 32.1. The van der Waals surface area contributed by atoms with Crippen LogP contribution < -0.4 is 5.32 Å². The van der Waals surface area contributed by atoms with Crippen molar-refractivity contribution in [3.05, 3.63) is 0 Å². The third kappa shape index (κ3) is 7.36. The van der Waals surface area contributed by atoms with Gasteiger partial charge in [-0.15, -0.1) is 0 Å². The fourth-order valence-corrected chi connectivity index (χ4v) is 0.707. The van der Waals surface area contributed by atoms with Gasteiger partial charge in [-0.1, -0.05) is 0 Å². The Morgan fingerprint density at radius 3 is 2.80 bits per heavy atom. The fraction of sp³-hybridized carbons (Fsp3) is 0.667. The molecule has 1 amide bonds. The van der Waals surface area contributed by atoms with Gasteiger partial charge in [-0.25, -0.2) is 0 Å². The van der Waals surface area contributed by atoms with Gasteiger partial charge in [0.1, 0.15) is 0 Å². The average Bonchev–Trinajstić information content (AvgIpc) is 1.87. The van der Waals surface area contributed by atoms with Crippen LogP contribution in [0, 0.1) is 0 Å². The number of carbonyl (C=O) groups excluding carboxylic acids is 1. The first-order valence-electron chi connectivity index (χ1n) is 3.16. The summed E-state index contributed by atoms with van der Waals surface area (Å²) in [5, 5.41) is 11.1. The number of hydrogen-bond donors (Lipinski definition) is 2. The van der Waals surface area contributed by atoms with Crippen molar-refractivity contribution in [1.29, 1.82) is 0 Å². The molecule has 0 aromatic rings. The third-order valence-electron chi connectivity index (χ3n) is 1.05. The Morgan fingerprint density at radius 2 is 2.30 bits per heavy atom. The van der Waals surface area contributed by atoms with Crippen LogP contribution in [0.25, 0.3) is 0 Å². The molecular weight excluding hydrogens is 150 g/mol. The maximum atomic E-state index is 9.72. The second-order valence-corrected chi connectivity index (χ2v) is 2.39. The molecule has 0 saturated heterocycles. The highest BCUT2D eigenvalue weighted by Gasteiger charge is 1.90. The van der Waals surface area contributed by atoms with E-state index in [0.717, 1.165) is 12.8 Å². The van der Waals surface area contributed by atoms with E-state index >= 15 is 0 Å². The van der Waals surface area contributed by atoms with E-state index in [-0.39, 0.29) is 5.05 Å². The Balaban J connectivity index is 2.90. The maximum absolute atomic E-state index is 9.72. The van der Waals surface area contributed by atoms with E-state index in [4.69, 9.17) is 5.11 Å². The summed E-state index contributed by atoms with van der Waals surface area (Å²) in [6.07, 6.45) is 2.91. The van der Waals surface area contributed by atoms with Crippen molar-refractivity contribution in [1.82, 2.24) is 5.32 Å². The fourth-order valence-electron chi connectivity index (χ4n) is 0.562. The molecule has 4 heteroatoms. The third-order valence-corrected chi connectivity index (χ3v) is 1.25. The molecule has 0 aromatic heterocycles. The molecule has 0 aliphatic heterocycles. The maximum Gasteiger partial charge on any atom is 0.207 e. The van der Waals surface area contributed by atoms with E-state index in [9.17, 15) is 4.79 Å². The van der Waals surface area contributed by atoms with E-state index in [1.165, 1.54) is 0 Å². The van der Waals surface area contributed by atoms with Crippen LogP contribution >= 0.6 is 12.2 Å². The lowest BCUT2D eigenvalue weighted by atomic mass is 10.2. The summed E-state index contributed by atoms with van der Waals surface area (Å²) in [7, 11) is 0. The molecule has 0 unspecified atom stereocenters. The quantitative estimate of drug-likeness (QED) is 0.344. The van der Waals surface area contributed by atoms with Crippen LogP contribution in [0.4, 0.5) is 0 Å². The summed E-state index contributed by atoms with van der Waals surface area (Å²) in [5.41, 5.74) is 0. The molecule has 0 aliphatic rings. The second kappa shape index (κ2) is 6.48. The number of aliphatic hydroxyl groups is 1. The normalized spacial score (nSPS) is 8.80. The van der Waals surface area contributed by atoms with Crippen molar-refractivity contribution in [2.75, 3.05) is 6.54 Å². The zero-order chi connectivity index (χ0) is 7.82. The molecule has 0 heterocycles. The minimum absolute atomic E-state index is 0.0473. The van der Waals surface area contributed by atoms with Crippen molar-refractivity contribution in [3.8, 4) is 0 Å². The average molecular weight is 161 g/mol. The minimum Gasteiger partial charge on any atom is -0.502 e. The number of amides is 1. The Labute approximate surface area is 65.4 Å². The van der Waals surface area contributed by atoms with Crippen LogP contribution in [0.2, 0.25) is 0 Å². The van der Waals surface area contributed by atoms with E-state index in [1.54, 1.807) is 0 Å². The van der Waals surface area contributed by atoms with Crippen LogP contribution in [0.3, 0.4) is 0 Å². The first-order valence-corrected chi connectivity index (χ1v) is 3.57. The van der Waals surface area contributed by atoms with Gasteiger partial charge in [0.25, 0.3) is 0 Å². The highest BCUT2D eigenvalue weighted by molar-refractivity contribution is 7.80. The predicted molar refractivity (Wildman–Crippen MR) is 43.1 cm³/mol. The molecule has 0 aromatic carbocycles. The first kappa shape index (κ1) is 9.36. The standard InChI is InChI=1S/C6H11NO2S/c8-5-7-4-2-1-3-6(9)10/h5H,1-4H2,(H,7,8)(H,9,10). The van der Waals surface area contributed by atoms with Crippen molar-refractivity contribution in [2.45, 2.75) is 19.3 Å². The second-order valence-electron chi connectivity index (χ2n) is 1.92. The smallest absolute Gasteiger partial charge is 0.207 e. The predicted octanol–water partition coefficient (Wildman–Crippen LogP) is 0.788. The number of aliphatic hydroxyl groups excluding tert-OH is 1. The number of rotatable bonds is 6. The molecular formula is C6H11NO2S. The zero-order valence-corrected chi connectivity index (χ0v) is 6.49. The van der Waals surface area contributed by atoms with Crippen LogP contribution in [-0.2, 0) is 4.79 Å². The Bertz CT molecular complexity index is 116. The van der Waals surface area contributed by atoms with Crippen molar-refractivity contribution in [3.63, 3.8) is 0 Å². The van der Waals surface area contributed by atoms with Gasteiger partial charge >= 0.3 is 0 Å². The summed E-state index contributed by atoms with van der Waals surface area (Å²) in [6, 6.07) is 0. The van der Waals surface area contributed by atoms with E-state index in [0.29, 0.717) is 19.4 Å². The lowest BCUT2D eigenvalue weighted by Gasteiger charge is -1.96. The molecule has 0 bridgehead atoms. The van der Waals surface area contributed by atoms with Crippen molar-refractivity contribution < 1.29 is 9.90 Å². The Kier molecular flexibility index (Phi) is 6.06. The SMILES string of the molecule is O=CNCCCCC(O)=S. The van der Waals surface area contributed by atoms with Gasteiger partial charge in [0.05, 0.1) is 0 Å². The Hall–Kier alpha value is -0.640. The minimum atomic E-state index is 0.0473. The van der Waals surface area contributed by atoms with Gasteiger partial charge in [0, 0.05) is 13.0 Å². The van der Waals surface area contributed by atoms with Gasteiger partial charge in [-0.2, -0.15) is 0 Å². The van der Waals surface area contributed by atoms with Crippen LogP contribution in [0.1, 0.15) is 19.3 Å². The molecule has 0 aliphatic carbocycles. The molecule has 0 fully saturated rings. The molecule has 10 heavy (non-hydrogen) atoms.